The lowest BCUT2D eigenvalue weighted by Gasteiger charge is -2.21. The van der Waals surface area contributed by atoms with Gasteiger partial charge < -0.3 is 20.7 Å². The van der Waals surface area contributed by atoms with E-state index in [-0.39, 0.29) is 24.1 Å². The highest BCUT2D eigenvalue weighted by atomic mass is 16.5. The van der Waals surface area contributed by atoms with Gasteiger partial charge in [-0.2, -0.15) is 15.0 Å². The van der Waals surface area contributed by atoms with E-state index in [4.69, 9.17) is 10.5 Å². The fourth-order valence-corrected chi connectivity index (χ4v) is 2.32. The molecule has 1 atom stereocenters. The Kier molecular flexibility index (Phi) is 4.94. The minimum atomic E-state index is 0.00618. The lowest BCUT2D eigenvalue weighted by molar-refractivity contribution is 0.222. The molecule has 1 aromatic heterocycles. The van der Waals surface area contributed by atoms with Gasteiger partial charge in [0.1, 0.15) is 0 Å². The number of nitrogens with zero attached hydrogens (tertiary/aromatic N) is 4. The molecule has 7 nitrogen and oxygen atoms in total. The molecule has 1 aliphatic rings. The number of aromatic nitrogens is 3. The Balaban J connectivity index is 1.95. The number of anilines is 2. The number of likely N-dealkylation sites (tertiary alicyclic amines) is 1. The molecular weight excluding hydrogens is 256 g/mol. The molecule has 3 N–H and O–H groups in total. The van der Waals surface area contributed by atoms with Crippen molar-refractivity contribution in [1.29, 1.82) is 0 Å². The highest BCUT2D eigenvalue weighted by molar-refractivity contribution is 5.33. The maximum atomic E-state index is 5.68. The zero-order valence-electron chi connectivity index (χ0n) is 12.5. The summed E-state index contributed by atoms with van der Waals surface area (Å²) in [5.41, 5.74) is 5.68. The zero-order valence-corrected chi connectivity index (χ0v) is 12.5. The molecule has 1 aromatic rings. The second kappa shape index (κ2) is 6.69. The van der Waals surface area contributed by atoms with Gasteiger partial charge in [-0.3, -0.25) is 0 Å². The van der Waals surface area contributed by atoms with Crippen LogP contribution in [-0.4, -0.2) is 51.6 Å². The third-order valence-electron chi connectivity index (χ3n) is 3.08. The first-order valence-electron chi connectivity index (χ1n) is 7.20. The van der Waals surface area contributed by atoms with Crippen LogP contribution in [0, 0.1) is 0 Å². The van der Waals surface area contributed by atoms with E-state index in [0.717, 1.165) is 6.54 Å². The molecule has 0 bridgehead atoms. The lowest BCUT2D eigenvalue weighted by Crippen LogP contribution is -2.33. The Labute approximate surface area is 119 Å². The van der Waals surface area contributed by atoms with Crippen molar-refractivity contribution in [1.82, 2.24) is 19.9 Å². The van der Waals surface area contributed by atoms with Crippen molar-refractivity contribution in [2.24, 2.45) is 0 Å². The molecule has 1 unspecified atom stereocenters. The molecule has 0 saturated carbocycles. The summed E-state index contributed by atoms with van der Waals surface area (Å²) in [5, 5.41) is 3.26. The summed E-state index contributed by atoms with van der Waals surface area (Å²) in [4.78, 5) is 14.7. The number of nitrogen functional groups attached to an aromatic ring is 1. The van der Waals surface area contributed by atoms with Crippen molar-refractivity contribution in [3.8, 4) is 6.01 Å². The number of nitrogens with two attached hydrogens (primary N) is 1. The van der Waals surface area contributed by atoms with Crippen LogP contribution in [-0.2, 0) is 0 Å². The minimum Gasteiger partial charge on any atom is -0.461 e. The van der Waals surface area contributed by atoms with E-state index in [2.05, 4.69) is 32.1 Å². The first kappa shape index (κ1) is 14.8. The van der Waals surface area contributed by atoms with E-state index < -0.39 is 0 Å². The molecule has 0 radical (unpaired) electrons. The third kappa shape index (κ3) is 4.48. The van der Waals surface area contributed by atoms with Crippen LogP contribution in [0.25, 0.3) is 0 Å². The van der Waals surface area contributed by atoms with E-state index >= 15 is 0 Å². The minimum absolute atomic E-state index is 0.00618. The summed E-state index contributed by atoms with van der Waals surface area (Å²) in [6, 6.07) is 0.519. The van der Waals surface area contributed by atoms with Crippen LogP contribution in [0.4, 0.5) is 11.9 Å². The summed E-state index contributed by atoms with van der Waals surface area (Å²) in [5.74, 6) is 0.645. The Morgan fingerprint density at radius 1 is 1.20 bits per heavy atom. The second-order valence-electron chi connectivity index (χ2n) is 5.52. The van der Waals surface area contributed by atoms with E-state index in [9.17, 15) is 0 Å². The molecule has 0 amide bonds. The van der Waals surface area contributed by atoms with Gasteiger partial charge in [-0.15, -0.1) is 0 Å². The van der Waals surface area contributed by atoms with Crippen molar-refractivity contribution in [3.63, 3.8) is 0 Å². The van der Waals surface area contributed by atoms with Crippen LogP contribution < -0.4 is 15.8 Å². The van der Waals surface area contributed by atoms with Crippen molar-refractivity contribution in [3.05, 3.63) is 0 Å². The largest absolute Gasteiger partial charge is 0.461 e. The second-order valence-corrected chi connectivity index (χ2v) is 5.52. The average Bonchev–Trinajstić information content (AvgIpc) is 2.79. The Hall–Kier alpha value is -1.63. The molecule has 112 valence electrons. The monoisotopic (exact) mass is 280 g/mol. The van der Waals surface area contributed by atoms with Crippen LogP contribution in [0.15, 0.2) is 0 Å². The van der Waals surface area contributed by atoms with Crippen molar-refractivity contribution >= 4 is 11.9 Å². The summed E-state index contributed by atoms with van der Waals surface area (Å²) in [7, 11) is 0. The molecule has 7 heteroatoms. The van der Waals surface area contributed by atoms with Gasteiger partial charge in [0.15, 0.2) is 0 Å². The van der Waals surface area contributed by atoms with Crippen LogP contribution in [0.2, 0.25) is 0 Å². The van der Waals surface area contributed by atoms with Crippen LogP contribution in [0.5, 0.6) is 6.01 Å². The molecule has 2 heterocycles. The SMILES string of the molecule is CC(CN1CCCC1)Nc1nc(N)nc(OC(C)C)n1. The molecule has 0 aliphatic carbocycles. The van der Waals surface area contributed by atoms with Gasteiger partial charge >= 0.3 is 6.01 Å². The zero-order chi connectivity index (χ0) is 14.5. The Morgan fingerprint density at radius 2 is 1.90 bits per heavy atom. The van der Waals surface area contributed by atoms with Gasteiger partial charge in [-0.25, -0.2) is 0 Å². The normalized spacial score (nSPS) is 17.4. The predicted octanol–water partition coefficient (Wildman–Crippen LogP) is 1.14. The van der Waals surface area contributed by atoms with E-state index in [1.807, 2.05) is 13.8 Å². The number of hydrogen-bond donors (Lipinski definition) is 2. The van der Waals surface area contributed by atoms with Crippen molar-refractivity contribution < 1.29 is 4.74 Å². The standard InChI is InChI=1S/C13H24N6O/c1-9(2)20-13-17-11(14)16-12(18-13)15-10(3)8-19-6-4-5-7-19/h9-10H,4-8H2,1-3H3,(H3,14,15,16,17,18). The lowest BCUT2D eigenvalue weighted by atomic mass is 10.3. The van der Waals surface area contributed by atoms with Gasteiger partial charge in [0, 0.05) is 12.6 Å². The Bertz CT molecular complexity index is 433. The molecule has 1 aliphatic heterocycles. The van der Waals surface area contributed by atoms with E-state index in [0.29, 0.717) is 5.95 Å². The first-order valence-corrected chi connectivity index (χ1v) is 7.20. The highest BCUT2D eigenvalue weighted by Gasteiger charge is 2.16. The van der Waals surface area contributed by atoms with Crippen LogP contribution in [0.1, 0.15) is 33.6 Å². The molecule has 0 aromatic carbocycles. The molecular formula is C13H24N6O. The maximum Gasteiger partial charge on any atom is 0.323 e. The van der Waals surface area contributed by atoms with Crippen molar-refractivity contribution in [2.75, 3.05) is 30.7 Å². The first-order chi connectivity index (χ1) is 9.52. The fraction of sp³-hybridized carbons (Fsp3) is 0.769. The van der Waals surface area contributed by atoms with E-state index in [1.165, 1.54) is 25.9 Å². The number of rotatable bonds is 6. The number of nitrogens with one attached hydrogen (secondary N) is 1. The predicted molar refractivity (Wildman–Crippen MR) is 78.8 cm³/mol. The number of ether oxygens (including phenoxy) is 1. The van der Waals surface area contributed by atoms with Gasteiger partial charge in [-0.1, -0.05) is 0 Å². The Morgan fingerprint density at radius 3 is 2.55 bits per heavy atom. The number of hydrogen-bond acceptors (Lipinski definition) is 7. The molecule has 1 fully saturated rings. The maximum absolute atomic E-state index is 5.68. The molecule has 20 heavy (non-hydrogen) atoms. The molecule has 1 saturated heterocycles. The van der Waals surface area contributed by atoms with Gasteiger partial charge in [0.25, 0.3) is 0 Å². The quantitative estimate of drug-likeness (QED) is 0.807. The topological polar surface area (TPSA) is 89.2 Å². The summed E-state index contributed by atoms with van der Waals surface area (Å²) in [6.07, 6.45) is 2.59. The fourth-order valence-electron chi connectivity index (χ4n) is 2.32. The van der Waals surface area contributed by atoms with E-state index in [1.54, 1.807) is 0 Å². The van der Waals surface area contributed by atoms with Crippen LogP contribution in [0.3, 0.4) is 0 Å². The average molecular weight is 280 g/mol. The molecule has 2 rings (SSSR count). The summed E-state index contributed by atoms with van der Waals surface area (Å²) in [6.45, 7) is 9.28. The van der Waals surface area contributed by atoms with Gasteiger partial charge in [0.2, 0.25) is 11.9 Å². The highest BCUT2D eigenvalue weighted by Crippen LogP contribution is 2.13. The van der Waals surface area contributed by atoms with Gasteiger partial charge in [-0.05, 0) is 46.7 Å². The smallest absolute Gasteiger partial charge is 0.323 e. The summed E-state index contributed by atoms with van der Waals surface area (Å²) >= 11 is 0. The third-order valence-corrected chi connectivity index (χ3v) is 3.08. The summed E-state index contributed by atoms with van der Waals surface area (Å²) < 4.78 is 5.46. The van der Waals surface area contributed by atoms with Crippen LogP contribution >= 0.6 is 0 Å². The molecule has 0 spiro atoms. The van der Waals surface area contributed by atoms with Crippen molar-refractivity contribution in [2.45, 2.75) is 45.8 Å². The van der Waals surface area contributed by atoms with Gasteiger partial charge in [0.05, 0.1) is 6.10 Å².